The molecule has 6 nitrogen and oxygen atoms in total. The van der Waals surface area contributed by atoms with Crippen molar-refractivity contribution in [2.75, 3.05) is 4.72 Å². The summed E-state index contributed by atoms with van der Waals surface area (Å²) in [5.74, 6) is 0. The Morgan fingerprint density at radius 1 is 1.10 bits per heavy atom. The third-order valence-electron chi connectivity index (χ3n) is 2.53. The molecule has 0 atom stereocenters. The van der Waals surface area contributed by atoms with Gasteiger partial charge in [-0.05, 0) is 24.3 Å². The van der Waals surface area contributed by atoms with Crippen molar-refractivity contribution in [3.05, 3.63) is 62.6 Å². The van der Waals surface area contributed by atoms with Crippen LogP contribution in [0, 0.1) is 10.1 Å². The van der Waals surface area contributed by atoms with Gasteiger partial charge in [-0.15, -0.1) is 0 Å². The van der Waals surface area contributed by atoms with Crippen LogP contribution in [-0.2, 0) is 10.0 Å². The van der Waals surface area contributed by atoms with Crippen molar-refractivity contribution in [2.24, 2.45) is 0 Å². The third-order valence-corrected chi connectivity index (χ3v) is 4.49. The highest BCUT2D eigenvalue weighted by atomic mass is 35.5. The first kappa shape index (κ1) is 15.6. The molecule has 110 valence electrons. The van der Waals surface area contributed by atoms with Crippen LogP contribution >= 0.6 is 23.2 Å². The molecule has 9 heteroatoms. The number of para-hydroxylation sites is 1. The fourth-order valence-corrected chi connectivity index (χ4v) is 3.37. The molecule has 1 N–H and O–H groups in total. The lowest BCUT2D eigenvalue weighted by molar-refractivity contribution is -0.387. The fourth-order valence-electron chi connectivity index (χ4n) is 1.61. The lowest BCUT2D eigenvalue weighted by Crippen LogP contribution is -2.14. The van der Waals surface area contributed by atoms with Crippen LogP contribution in [0.3, 0.4) is 0 Å². The van der Waals surface area contributed by atoms with Crippen molar-refractivity contribution in [1.29, 1.82) is 0 Å². The van der Waals surface area contributed by atoms with Crippen LogP contribution in [0.15, 0.2) is 47.4 Å². The Kier molecular flexibility index (Phi) is 4.36. The Morgan fingerprint density at radius 3 is 2.38 bits per heavy atom. The van der Waals surface area contributed by atoms with E-state index in [2.05, 4.69) is 4.72 Å². The van der Waals surface area contributed by atoms with Gasteiger partial charge in [0.05, 0.1) is 15.6 Å². The summed E-state index contributed by atoms with van der Waals surface area (Å²) in [6.45, 7) is 0. The van der Waals surface area contributed by atoms with E-state index in [1.807, 2.05) is 0 Å². The van der Waals surface area contributed by atoms with Gasteiger partial charge in [0.25, 0.3) is 15.7 Å². The lowest BCUT2D eigenvalue weighted by atomic mass is 10.3. The maximum absolute atomic E-state index is 12.3. The maximum Gasteiger partial charge on any atom is 0.289 e. The monoisotopic (exact) mass is 346 g/mol. The van der Waals surface area contributed by atoms with Crippen LogP contribution in [0.4, 0.5) is 11.4 Å². The number of sulfonamides is 1. The summed E-state index contributed by atoms with van der Waals surface area (Å²) in [5, 5.41) is 11.3. The molecule has 0 aliphatic carbocycles. The zero-order valence-corrected chi connectivity index (χ0v) is 12.6. The second kappa shape index (κ2) is 5.88. The Balaban J connectivity index is 2.46. The molecule has 0 amide bonds. The van der Waals surface area contributed by atoms with E-state index in [9.17, 15) is 18.5 Å². The number of nitro groups is 1. The van der Waals surface area contributed by atoms with Gasteiger partial charge in [-0.2, -0.15) is 0 Å². The molecule has 0 heterocycles. The van der Waals surface area contributed by atoms with E-state index >= 15 is 0 Å². The van der Waals surface area contributed by atoms with E-state index in [1.54, 1.807) is 0 Å². The zero-order chi connectivity index (χ0) is 15.6. The number of hydrogen-bond donors (Lipinski definition) is 1. The van der Waals surface area contributed by atoms with Gasteiger partial charge in [0.15, 0.2) is 4.90 Å². The van der Waals surface area contributed by atoms with Crippen LogP contribution in [0.25, 0.3) is 0 Å². The predicted octanol–water partition coefficient (Wildman–Crippen LogP) is 3.70. The van der Waals surface area contributed by atoms with Crippen LogP contribution in [0.1, 0.15) is 0 Å². The number of nitrogens with one attached hydrogen (secondary N) is 1. The molecule has 0 saturated heterocycles. The molecule has 0 aliphatic rings. The Labute approximate surface area is 130 Å². The van der Waals surface area contributed by atoms with Crippen LogP contribution in [-0.4, -0.2) is 13.3 Å². The molecule has 0 bridgehead atoms. The minimum absolute atomic E-state index is 0.0826. The fraction of sp³-hybridized carbons (Fsp3) is 0. The molecule has 2 rings (SSSR count). The first-order chi connectivity index (χ1) is 9.81. The topological polar surface area (TPSA) is 89.3 Å². The molecular weight excluding hydrogens is 339 g/mol. The molecule has 0 aliphatic heterocycles. The number of rotatable bonds is 4. The molecule has 0 fully saturated rings. The molecule has 0 saturated carbocycles. The normalized spacial score (nSPS) is 11.1. The highest BCUT2D eigenvalue weighted by Gasteiger charge is 2.25. The number of hydrogen-bond acceptors (Lipinski definition) is 4. The Bertz CT molecular complexity index is 809. The van der Waals surface area contributed by atoms with Crippen molar-refractivity contribution >= 4 is 44.6 Å². The van der Waals surface area contributed by atoms with Crippen molar-refractivity contribution < 1.29 is 13.3 Å². The number of anilines is 1. The molecule has 0 unspecified atom stereocenters. The van der Waals surface area contributed by atoms with Crippen molar-refractivity contribution in [3.63, 3.8) is 0 Å². The molecule has 21 heavy (non-hydrogen) atoms. The standard InChI is InChI=1S/C12H8Cl2N2O4S/c13-8-5-6-10(9(14)7-8)15-21(19,20)12-4-2-1-3-11(12)16(17)18/h1-7,15H. The third kappa shape index (κ3) is 3.44. The highest BCUT2D eigenvalue weighted by molar-refractivity contribution is 7.92. The zero-order valence-electron chi connectivity index (χ0n) is 10.3. The van der Waals surface area contributed by atoms with Gasteiger partial charge >= 0.3 is 0 Å². The smallest absolute Gasteiger partial charge is 0.278 e. The van der Waals surface area contributed by atoms with Crippen molar-refractivity contribution in [1.82, 2.24) is 0 Å². The molecule has 0 aromatic heterocycles. The number of nitro benzene ring substituents is 1. The van der Waals surface area contributed by atoms with Crippen LogP contribution in [0.5, 0.6) is 0 Å². The van der Waals surface area contributed by atoms with Crippen LogP contribution < -0.4 is 4.72 Å². The molecule has 2 aromatic rings. The molecular formula is C12H8Cl2N2O4S. The van der Waals surface area contributed by atoms with E-state index in [1.165, 1.54) is 30.3 Å². The quantitative estimate of drug-likeness (QED) is 0.674. The Hall–Kier alpha value is -1.83. The molecule has 0 spiro atoms. The van der Waals surface area contributed by atoms with Gasteiger partial charge < -0.3 is 0 Å². The van der Waals surface area contributed by atoms with Gasteiger partial charge in [-0.25, -0.2) is 8.42 Å². The SMILES string of the molecule is O=[N+]([O-])c1ccccc1S(=O)(=O)Nc1ccc(Cl)cc1Cl. The predicted molar refractivity (Wildman–Crippen MR) is 80.4 cm³/mol. The summed E-state index contributed by atoms with van der Waals surface area (Å²) in [6.07, 6.45) is 0. The highest BCUT2D eigenvalue weighted by Crippen LogP contribution is 2.30. The van der Waals surface area contributed by atoms with Gasteiger partial charge in [0.1, 0.15) is 0 Å². The Morgan fingerprint density at radius 2 is 1.76 bits per heavy atom. The second-order valence-electron chi connectivity index (χ2n) is 3.95. The molecule has 0 radical (unpaired) electrons. The number of halogens is 2. The van der Waals surface area contributed by atoms with E-state index < -0.39 is 25.5 Å². The van der Waals surface area contributed by atoms with Crippen LogP contribution in [0.2, 0.25) is 10.0 Å². The summed E-state index contributed by atoms with van der Waals surface area (Å²) in [7, 11) is -4.14. The van der Waals surface area contributed by atoms with Gasteiger partial charge in [0, 0.05) is 11.1 Å². The summed E-state index contributed by atoms with van der Waals surface area (Å²) >= 11 is 11.6. The minimum atomic E-state index is -4.14. The average Bonchev–Trinajstić information content (AvgIpc) is 2.42. The minimum Gasteiger partial charge on any atom is -0.278 e. The summed E-state index contributed by atoms with van der Waals surface area (Å²) in [5.41, 5.74) is -0.436. The summed E-state index contributed by atoms with van der Waals surface area (Å²) in [6, 6.07) is 9.21. The number of nitrogens with zero attached hydrogens (tertiary/aromatic N) is 1. The largest absolute Gasteiger partial charge is 0.289 e. The van der Waals surface area contributed by atoms with Gasteiger partial charge in [-0.3, -0.25) is 14.8 Å². The first-order valence-electron chi connectivity index (χ1n) is 5.52. The summed E-state index contributed by atoms with van der Waals surface area (Å²) in [4.78, 5) is 9.69. The first-order valence-corrected chi connectivity index (χ1v) is 7.76. The van der Waals surface area contributed by atoms with E-state index in [-0.39, 0.29) is 10.7 Å². The van der Waals surface area contributed by atoms with Gasteiger partial charge in [-0.1, -0.05) is 35.3 Å². The maximum atomic E-state index is 12.3. The van der Waals surface area contributed by atoms with Gasteiger partial charge in [0.2, 0.25) is 0 Å². The van der Waals surface area contributed by atoms with Crippen molar-refractivity contribution in [2.45, 2.75) is 4.90 Å². The summed E-state index contributed by atoms with van der Waals surface area (Å²) < 4.78 is 26.7. The number of benzene rings is 2. The van der Waals surface area contributed by atoms with Crippen molar-refractivity contribution in [3.8, 4) is 0 Å². The van der Waals surface area contributed by atoms with E-state index in [0.717, 1.165) is 12.1 Å². The van der Waals surface area contributed by atoms with E-state index in [4.69, 9.17) is 23.2 Å². The molecule has 2 aromatic carbocycles. The second-order valence-corrected chi connectivity index (χ2v) is 6.45. The van der Waals surface area contributed by atoms with E-state index in [0.29, 0.717) is 5.02 Å². The average molecular weight is 347 g/mol. The lowest BCUT2D eigenvalue weighted by Gasteiger charge is -2.10.